The third kappa shape index (κ3) is 3.92. The standard InChI is InChI=1S/C24H28FN3O/c1-16-4-9-22-20(12-16)21-15-27(3)11-10-23(21)28(22)14-18(13-24(29)26-2)17-5-7-19(25)8-6-17/h4-9,12,18H,10-11,13-15H2,1-3H3,(H,26,29). The molecule has 3 aromatic rings. The first-order valence-corrected chi connectivity index (χ1v) is 10.2. The van der Waals surface area contributed by atoms with E-state index in [4.69, 9.17) is 0 Å². The zero-order chi connectivity index (χ0) is 20.5. The van der Waals surface area contributed by atoms with Crippen LogP contribution in [-0.2, 0) is 24.3 Å². The number of aromatic nitrogens is 1. The van der Waals surface area contributed by atoms with Crippen molar-refractivity contribution >= 4 is 16.8 Å². The van der Waals surface area contributed by atoms with Gasteiger partial charge in [0.15, 0.2) is 0 Å². The molecule has 0 aliphatic carbocycles. The van der Waals surface area contributed by atoms with Crippen molar-refractivity contribution in [1.29, 1.82) is 0 Å². The Balaban J connectivity index is 1.79. The van der Waals surface area contributed by atoms with Crippen LogP contribution in [0.4, 0.5) is 4.39 Å². The van der Waals surface area contributed by atoms with Gasteiger partial charge >= 0.3 is 0 Å². The molecule has 1 N–H and O–H groups in total. The lowest BCUT2D eigenvalue weighted by molar-refractivity contribution is -0.121. The molecule has 5 heteroatoms. The van der Waals surface area contributed by atoms with Crippen molar-refractivity contribution in [2.45, 2.75) is 38.8 Å². The van der Waals surface area contributed by atoms with Crippen LogP contribution < -0.4 is 5.32 Å². The summed E-state index contributed by atoms with van der Waals surface area (Å²) in [6.07, 6.45) is 1.37. The molecule has 1 aliphatic heterocycles. The summed E-state index contributed by atoms with van der Waals surface area (Å²) in [5.41, 5.74) is 6.24. The summed E-state index contributed by atoms with van der Waals surface area (Å²) >= 11 is 0. The van der Waals surface area contributed by atoms with Gasteiger partial charge in [-0.15, -0.1) is 0 Å². The molecule has 1 atom stereocenters. The predicted octanol–water partition coefficient (Wildman–Crippen LogP) is 4.00. The fourth-order valence-electron chi connectivity index (χ4n) is 4.48. The van der Waals surface area contributed by atoms with E-state index in [0.717, 1.165) is 25.1 Å². The summed E-state index contributed by atoms with van der Waals surface area (Å²) in [5.74, 6) is -0.272. The number of halogens is 1. The summed E-state index contributed by atoms with van der Waals surface area (Å²) in [4.78, 5) is 14.6. The van der Waals surface area contributed by atoms with E-state index >= 15 is 0 Å². The molecule has 0 spiro atoms. The predicted molar refractivity (Wildman–Crippen MR) is 115 cm³/mol. The van der Waals surface area contributed by atoms with Gasteiger partial charge in [0.1, 0.15) is 5.82 Å². The molecule has 1 aliphatic rings. The first kappa shape index (κ1) is 19.6. The summed E-state index contributed by atoms with van der Waals surface area (Å²) in [6.45, 7) is 4.80. The molecule has 0 saturated carbocycles. The Hall–Kier alpha value is -2.66. The number of hydrogen-bond acceptors (Lipinski definition) is 2. The fourth-order valence-corrected chi connectivity index (χ4v) is 4.48. The molecule has 0 bridgehead atoms. The smallest absolute Gasteiger partial charge is 0.220 e. The quantitative estimate of drug-likeness (QED) is 0.712. The number of likely N-dealkylation sites (N-methyl/N-ethyl adjacent to an activating group) is 1. The van der Waals surface area contributed by atoms with Crippen LogP contribution in [0.1, 0.15) is 34.7 Å². The molecular weight excluding hydrogens is 365 g/mol. The summed E-state index contributed by atoms with van der Waals surface area (Å²) in [7, 11) is 3.82. The number of carbonyl (C=O) groups excluding carboxylic acids is 1. The topological polar surface area (TPSA) is 37.3 Å². The SMILES string of the molecule is CNC(=O)CC(Cn1c2c(c3cc(C)ccc31)CN(C)CC2)c1ccc(F)cc1. The molecule has 1 aromatic heterocycles. The number of fused-ring (bicyclic) bond motifs is 3. The number of nitrogens with one attached hydrogen (secondary N) is 1. The van der Waals surface area contributed by atoms with Crippen molar-refractivity contribution in [3.05, 3.63) is 70.7 Å². The van der Waals surface area contributed by atoms with Crippen LogP contribution in [0.25, 0.3) is 10.9 Å². The van der Waals surface area contributed by atoms with Crippen LogP contribution in [0.2, 0.25) is 0 Å². The van der Waals surface area contributed by atoms with Crippen molar-refractivity contribution in [1.82, 2.24) is 14.8 Å². The molecule has 4 rings (SSSR count). The average Bonchev–Trinajstić information content (AvgIpc) is 3.00. The molecular formula is C24H28FN3O. The van der Waals surface area contributed by atoms with Crippen LogP contribution in [0, 0.1) is 12.7 Å². The highest BCUT2D eigenvalue weighted by atomic mass is 19.1. The van der Waals surface area contributed by atoms with E-state index in [1.54, 1.807) is 19.2 Å². The van der Waals surface area contributed by atoms with Crippen LogP contribution >= 0.6 is 0 Å². The number of hydrogen-bond donors (Lipinski definition) is 1. The second-order valence-corrected chi connectivity index (χ2v) is 8.17. The van der Waals surface area contributed by atoms with Crippen molar-refractivity contribution in [2.75, 3.05) is 20.6 Å². The highest BCUT2D eigenvalue weighted by molar-refractivity contribution is 5.86. The van der Waals surface area contributed by atoms with Gasteiger partial charge in [0.2, 0.25) is 5.91 Å². The van der Waals surface area contributed by atoms with E-state index in [1.807, 2.05) is 0 Å². The first-order chi connectivity index (χ1) is 14.0. The van der Waals surface area contributed by atoms with E-state index in [2.05, 4.69) is 47.0 Å². The lowest BCUT2D eigenvalue weighted by atomic mass is 9.94. The molecule has 152 valence electrons. The number of benzene rings is 2. The van der Waals surface area contributed by atoms with Crippen LogP contribution in [0.5, 0.6) is 0 Å². The van der Waals surface area contributed by atoms with E-state index in [-0.39, 0.29) is 17.6 Å². The largest absolute Gasteiger partial charge is 0.359 e. The lowest BCUT2D eigenvalue weighted by Gasteiger charge is -2.26. The van der Waals surface area contributed by atoms with Gasteiger partial charge < -0.3 is 14.8 Å². The highest BCUT2D eigenvalue weighted by Gasteiger charge is 2.25. The van der Waals surface area contributed by atoms with Gasteiger partial charge in [0.25, 0.3) is 0 Å². The van der Waals surface area contributed by atoms with Gasteiger partial charge in [-0.05, 0) is 49.4 Å². The maximum absolute atomic E-state index is 13.5. The summed E-state index contributed by atoms with van der Waals surface area (Å²) in [5, 5.41) is 4.05. The lowest BCUT2D eigenvalue weighted by Crippen LogP contribution is -2.28. The van der Waals surface area contributed by atoms with Gasteiger partial charge in [0, 0.05) is 62.0 Å². The van der Waals surface area contributed by atoms with Gasteiger partial charge in [-0.1, -0.05) is 23.8 Å². The number of carbonyl (C=O) groups is 1. The van der Waals surface area contributed by atoms with Gasteiger partial charge in [-0.25, -0.2) is 4.39 Å². The zero-order valence-corrected chi connectivity index (χ0v) is 17.3. The van der Waals surface area contributed by atoms with Gasteiger partial charge in [0.05, 0.1) is 0 Å². The Morgan fingerprint density at radius 2 is 1.97 bits per heavy atom. The fraction of sp³-hybridized carbons (Fsp3) is 0.375. The maximum Gasteiger partial charge on any atom is 0.220 e. The number of rotatable bonds is 5. The van der Waals surface area contributed by atoms with Crippen molar-refractivity contribution < 1.29 is 9.18 Å². The molecule has 2 heterocycles. The second-order valence-electron chi connectivity index (χ2n) is 8.17. The minimum absolute atomic E-state index is 0.000215. The molecule has 1 unspecified atom stereocenters. The average molecular weight is 394 g/mol. The molecule has 29 heavy (non-hydrogen) atoms. The highest BCUT2D eigenvalue weighted by Crippen LogP contribution is 2.34. The Labute approximate surface area is 171 Å². The Morgan fingerprint density at radius 3 is 2.69 bits per heavy atom. The molecule has 0 fully saturated rings. The van der Waals surface area contributed by atoms with Crippen LogP contribution in [-0.4, -0.2) is 36.0 Å². The van der Waals surface area contributed by atoms with Crippen LogP contribution in [0.3, 0.4) is 0 Å². The zero-order valence-electron chi connectivity index (χ0n) is 17.3. The number of amides is 1. The van der Waals surface area contributed by atoms with E-state index in [1.165, 1.54) is 39.9 Å². The minimum atomic E-state index is -0.255. The van der Waals surface area contributed by atoms with E-state index in [9.17, 15) is 9.18 Å². The van der Waals surface area contributed by atoms with Crippen molar-refractivity contribution in [3.63, 3.8) is 0 Å². The third-order valence-electron chi connectivity index (χ3n) is 6.06. The second kappa shape index (κ2) is 7.99. The Bertz CT molecular complexity index is 1040. The van der Waals surface area contributed by atoms with Crippen molar-refractivity contribution in [2.24, 2.45) is 0 Å². The summed E-state index contributed by atoms with van der Waals surface area (Å²) in [6, 6.07) is 13.2. The number of aryl methyl sites for hydroxylation is 1. The molecule has 0 saturated heterocycles. The normalized spacial score (nSPS) is 15.3. The Kier molecular flexibility index (Phi) is 5.41. The number of nitrogens with zero attached hydrogens (tertiary/aromatic N) is 2. The molecule has 2 aromatic carbocycles. The molecule has 1 amide bonds. The van der Waals surface area contributed by atoms with Gasteiger partial charge in [-0.2, -0.15) is 0 Å². The summed E-state index contributed by atoms with van der Waals surface area (Å²) < 4.78 is 15.9. The van der Waals surface area contributed by atoms with E-state index < -0.39 is 0 Å². The van der Waals surface area contributed by atoms with Crippen molar-refractivity contribution in [3.8, 4) is 0 Å². The molecule has 4 nitrogen and oxygen atoms in total. The minimum Gasteiger partial charge on any atom is -0.359 e. The van der Waals surface area contributed by atoms with E-state index in [0.29, 0.717) is 13.0 Å². The molecule has 0 radical (unpaired) electrons. The monoisotopic (exact) mass is 393 g/mol. The first-order valence-electron chi connectivity index (χ1n) is 10.2. The third-order valence-corrected chi connectivity index (χ3v) is 6.06. The van der Waals surface area contributed by atoms with Gasteiger partial charge in [-0.3, -0.25) is 4.79 Å². The van der Waals surface area contributed by atoms with Crippen LogP contribution in [0.15, 0.2) is 42.5 Å². The Morgan fingerprint density at radius 1 is 1.21 bits per heavy atom. The maximum atomic E-state index is 13.5.